The molecule has 0 aromatic carbocycles. The third-order valence-corrected chi connectivity index (χ3v) is 3.57. The minimum atomic E-state index is -0.560. The van der Waals surface area contributed by atoms with Crippen LogP contribution in [0.2, 0.25) is 0 Å². The number of rotatable bonds is 8. The standard InChI is InChI=1S/C12H18N4O2S/c1-2-3-4-5-9-19-11-10(17)14-12(18)16(15-11)8-6-7-13/h2-6,8-9H2,1H3,(H,14,17,18). The van der Waals surface area contributed by atoms with Crippen molar-refractivity contribution in [1.29, 1.82) is 5.26 Å². The van der Waals surface area contributed by atoms with E-state index in [0.717, 1.165) is 23.3 Å². The van der Waals surface area contributed by atoms with Gasteiger partial charge in [0.05, 0.1) is 19.0 Å². The van der Waals surface area contributed by atoms with Crippen LogP contribution in [0.25, 0.3) is 0 Å². The predicted octanol–water partition coefficient (Wildman–Crippen LogP) is 1.52. The summed E-state index contributed by atoms with van der Waals surface area (Å²) < 4.78 is 1.14. The second-order valence-electron chi connectivity index (χ2n) is 4.10. The van der Waals surface area contributed by atoms with Gasteiger partial charge in [-0.1, -0.05) is 37.9 Å². The van der Waals surface area contributed by atoms with Gasteiger partial charge >= 0.3 is 5.69 Å². The minimum Gasteiger partial charge on any atom is -0.270 e. The topological polar surface area (TPSA) is 91.5 Å². The summed E-state index contributed by atoms with van der Waals surface area (Å²) in [6.45, 7) is 2.35. The summed E-state index contributed by atoms with van der Waals surface area (Å²) in [5.41, 5.74) is -1.01. The van der Waals surface area contributed by atoms with Crippen molar-refractivity contribution in [2.24, 2.45) is 0 Å². The van der Waals surface area contributed by atoms with Gasteiger partial charge in [-0.05, 0) is 12.2 Å². The van der Waals surface area contributed by atoms with E-state index in [1.807, 2.05) is 6.07 Å². The first kappa shape index (κ1) is 15.5. The highest BCUT2D eigenvalue weighted by atomic mass is 32.2. The fourth-order valence-electron chi connectivity index (χ4n) is 1.52. The quantitative estimate of drug-likeness (QED) is 0.576. The highest BCUT2D eigenvalue weighted by Crippen LogP contribution is 2.12. The van der Waals surface area contributed by atoms with Crippen LogP contribution in [-0.2, 0) is 6.54 Å². The van der Waals surface area contributed by atoms with Crippen molar-refractivity contribution in [3.63, 3.8) is 0 Å². The molecule has 0 radical (unpaired) electrons. The normalized spacial score (nSPS) is 10.3. The zero-order valence-electron chi connectivity index (χ0n) is 11.0. The fourth-order valence-corrected chi connectivity index (χ4v) is 2.40. The second-order valence-corrected chi connectivity index (χ2v) is 5.19. The monoisotopic (exact) mass is 282 g/mol. The van der Waals surface area contributed by atoms with Crippen LogP contribution in [0, 0.1) is 11.3 Å². The van der Waals surface area contributed by atoms with E-state index < -0.39 is 11.2 Å². The molecule has 0 saturated carbocycles. The summed E-state index contributed by atoms with van der Waals surface area (Å²) in [4.78, 5) is 25.2. The Morgan fingerprint density at radius 1 is 1.37 bits per heavy atom. The van der Waals surface area contributed by atoms with Crippen molar-refractivity contribution in [2.45, 2.75) is 50.6 Å². The van der Waals surface area contributed by atoms with E-state index in [0.29, 0.717) is 5.03 Å². The van der Waals surface area contributed by atoms with Gasteiger partial charge in [0.2, 0.25) is 0 Å². The van der Waals surface area contributed by atoms with Gasteiger partial charge in [-0.2, -0.15) is 10.4 Å². The highest BCUT2D eigenvalue weighted by molar-refractivity contribution is 7.99. The van der Waals surface area contributed by atoms with Crippen LogP contribution in [0.15, 0.2) is 14.6 Å². The molecule has 1 aromatic rings. The van der Waals surface area contributed by atoms with Gasteiger partial charge in [0.15, 0.2) is 5.03 Å². The summed E-state index contributed by atoms with van der Waals surface area (Å²) in [6, 6.07) is 1.95. The van der Waals surface area contributed by atoms with Crippen molar-refractivity contribution in [3.8, 4) is 6.07 Å². The Labute approximate surface area is 115 Å². The van der Waals surface area contributed by atoms with E-state index in [1.54, 1.807) is 0 Å². The number of unbranched alkanes of at least 4 members (excludes halogenated alkanes) is 3. The number of aromatic amines is 1. The van der Waals surface area contributed by atoms with E-state index >= 15 is 0 Å². The molecule has 6 nitrogen and oxygen atoms in total. The maximum Gasteiger partial charge on any atom is 0.344 e. The fraction of sp³-hybridized carbons (Fsp3) is 0.667. The van der Waals surface area contributed by atoms with Crippen LogP contribution in [-0.4, -0.2) is 20.5 Å². The number of nitrogens with zero attached hydrogens (tertiary/aromatic N) is 3. The van der Waals surface area contributed by atoms with Crippen molar-refractivity contribution in [3.05, 3.63) is 20.8 Å². The summed E-state index contributed by atoms with van der Waals surface area (Å²) in [6.07, 6.45) is 4.71. The van der Waals surface area contributed by atoms with E-state index in [-0.39, 0.29) is 13.0 Å². The second kappa shape index (κ2) is 8.53. The van der Waals surface area contributed by atoms with E-state index in [1.165, 1.54) is 24.6 Å². The van der Waals surface area contributed by atoms with Gasteiger partial charge in [-0.25, -0.2) is 9.48 Å². The molecule has 19 heavy (non-hydrogen) atoms. The van der Waals surface area contributed by atoms with Crippen LogP contribution >= 0.6 is 11.8 Å². The molecule has 0 amide bonds. The number of aromatic nitrogens is 3. The summed E-state index contributed by atoms with van der Waals surface area (Å²) in [7, 11) is 0. The lowest BCUT2D eigenvalue weighted by atomic mass is 10.2. The van der Waals surface area contributed by atoms with Crippen LogP contribution in [0.5, 0.6) is 0 Å². The Kier molecular flexibility index (Phi) is 6.97. The SMILES string of the molecule is CCCCCCSc1nn(CCC#N)c(=O)[nH]c1=O. The summed E-state index contributed by atoms with van der Waals surface area (Å²) in [5, 5.41) is 12.8. The Morgan fingerprint density at radius 3 is 2.84 bits per heavy atom. The third kappa shape index (κ3) is 5.30. The third-order valence-electron chi connectivity index (χ3n) is 2.53. The van der Waals surface area contributed by atoms with Crippen LogP contribution < -0.4 is 11.2 Å². The molecule has 0 saturated heterocycles. The number of hydrogen-bond acceptors (Lipinski definition) is 5. The first-order valence-corrected chi connectivity index (χ1v) is 7.38. The molecule has 0 fully saturated rings. The molecule has 1 aromatic heterocycles. The van der Waals surface area contributed by atoms with E-state index in [2.05, 4.69) is 17.0 Å². The lowest BCUT2D eigenvalue weighted by Crippen LogP contribution is -2.33. The summed E-state index contributed by atoms with van der Waals surface area (Å²) in [5.74, 6) is 0.812. The Morgan fingerprint density at radius 2 is 2.16 bits per heavy atom. The van der Waals surface area contributed by atoms with Crippen molar-refractivity contribution in [1.82, 2.24) is 14.8 Å². The molecule has 1 heterocycles. The maximum atomic E-state index is 11.6. The molecule has 0 spiro atoms. The molecule has 0 aliphatic heterocycles. The molecule has 0 unspecified atom stereocenters. The smallest absolute Gasteiger partial charge is 0.270 e. The Bertz CT molecular complexity index is 544. The van der Waals surface area contributed by atoms with E-state index in [9.17, 15) is 9.59 Å². The van der Waals surface area contributed by atoms with Gasteiger partial charge in [-0.3, -0.25) is 9.78 Å². The van der Waals surface area contributed by atoms with Crippen LogP contribution in [0.1, 0.15) is 39.0 Å². The van der Waals surface area contributed by atoms with Crippen molar-refractivity contribution in [2.75, 3.05) is 5.75 Å². The molecule has 7 heteroatoms. The molecule has 0 atom stereocenters. The molecule has 1 rings (SSSR count). The molecule has 0 bridgehead atoms. The van der Waals surface area contributed by atoms with Gasteiger partial charge < -0.3 is 0 Å². The lowest BCUT2D eigenvalue weighted by molar-refractivity contribution is 0.536. The zero-order chi connectivity index (χ0) is 14.1. The Hall–Kier alpha value is -1.55. The molecular weight excluding hydrogens is 264 g/mol. The molecule has 0 aliphatic rings. The molecule has 1 N–H and O–H groups in total. The average Bonchev–Trinajstić information content (AvgIpc) is 2.39. The van der Waals surface area contributed by atoms with E-state index in [4.69, 9.17) is 5.26 Å². The van der Waals surface area contributed by atoms with Gasteiger partial charge in [0.25, 0.3) is 5.56 Å². The zero-order valence-corrected chi connectivity index (χ0v) is 11.8. The number of nitriles is 1. The van der Waals surface area contributed by atoms with Gasteiger partial charge in [0.1, 0.15) is 0 Å². The maximum absolute atomic E-state index is 11.6. The molecule has 0 aliphatic carbocycles. The number of H-pyrrole nitrogens is 1. The largest absolute Gasteiger partial charge is 0.344 e. The first-order valence-electron chi connectivity index (χ1n) is 6.40. The molecular formula is C12H18N4O2S. The number of nitrogens with one attached hydrogen (secondary N) is 1. The number of hydrogen-bond donors (Lipinski definition) is 1. The predicted molar refractivity (Wildman–Crippen MR) is 74.2 cm³/mol. The number of aryl methyl sites for hydroxylation is 1. The van der Waals surface area contributed by atoms with Crippen LogP contribution in [0.3, 0.4) is 0 Å². The lowest BCUT2D eigenvalue weighted by Gasteiger charge is -2.04. The highest BCUT2D eigenvalue weighted by Gasteiger charge is 2.07. The Balaban J connectivity index is 2.64. The van der Waals surface area contributed by atoms with Crippen molar-refractivity contribution < 1.29 is 0 Å². The van der Waals surface area contributed by atoms with Gasteiger partial charge in [-0.15, -0.1) is 0 Å². The van der Waals surface area contributed by atoms with Crippen LogP contribution in [0.4, 0.5) is 0 Å². The summed E-state index contributed by atoms with van der Waals surface area (Å²) >= 11 is 1.36. The average molecular weight is 282 g/mol. The first-order chi connectivity index (χ1) is 9.19. The minimum absolute atomic E-state index is 0.194. The van der Waals surface area contributed by atoms with Crippen molar-refractivity contribution >= 4 is 11.8 Å². The van der Waals surface area contributed by atoms with Gasteiger partial charge in [0, 0.05) is 0 Å². The number of thioether (sulfide) groups is 1. The molecule has 104 valence electrons.